The third-order valence-electron chi connectivity index (χ3n) is 2.90. The smallest absolute Gasteiger partial charge is 0.321 e. The Hall–Kier alpha value is -1.67. The van der Waals surface area contributed by atoms with Crippen LogP contribution in [0.5, 0.6) is 0 Å². The molecule has 1 aromatic heterocycles. The predicted molar refractivity (Wildman–Crippen MR) is 74.0 cm³/mol. The van der Waals surface area contributed by atoms with E-state index in [2.05, 4.69) is 15.6 Å². The Labute approximate surface area is 120 Å². The van der Waals surface area contributed by atoms with Gasteiger partial charge in [-0.3, -0.25) is 10.1 Å². The molecular weight excluding hydrogens is 282 g/mol. The molecule has 7 nitrogen and oxygen atoms in total. The van der Waals surface area contributed by atoms with Gasteiger partial charge in [-0.15, -0.1) is 11.3 Å². The first-order valence-electron chi connectivity index (χ1n) is 6.30. The fourth-order valence-corrected chi connectivity index (χ4v) is 2.50. The van der Waals surface area contributed by atoms with Gasteiger partial charge >= 0.3 is 12.0 Å². The Kier molecular flexibility index (Phi) is 4.24. The normalized spacial score (nSPS) is 17.3. The molecule has 110 valence electrons. The largest absolute Gasteiger partial charge is 0.481 e. The second-order valence-corrected chi connectivity index (χ2v) is 6.09. The number of aliphatic carboxylic acids is 1. The van der Waals surface area contributed by atoms with E-state index in [0.717, 1.165) is 18.5 Å². The molecule has 1 saturated carbocycles. The zero-order valence-electron chi connectivity index (χ0n) is 11.0. The number of rotatable bonds is 6. The second-order valence-electron chi connectivity index (χ2n) is 5.23. The van der Waals surface area contributed by atoms with E-state index >= 15 is 0 Å². The van der Waals surface area contributed by atoms with Crippen LogP contribution in [0.4, 0.5) is 9.93 Å². The lowest BCUT2D eigenvalue weighted by Gasteiger charge is -2.21. The molecule has 0 bridgehead atoms. The molecule has 1 unspecified atom stereocenters. The predicted octanol–water partition coefficient (Wildman–Crippen LogP) is 1.37. The van der Waals surface area contributed by atoms with E-state index in [-0.39, 0.29) is 6.54 Å². The number of anilines is 1. The van der Waals surface area contributed by atoms with E-state index in [1.165, 1.54) is 18.3 Å². The van der Waals surface area contributed by atoms with Crippen LogP contribution in [0.2, 0.25) is 0 Å². The number of amides is 2. The second kappa shape index (κ2) is 5.76. The number of carbonyl (C=O) groups excluding carboxylic acids is 1. The minimum absolute atomic E-state index is 0.147. The summed E-state index contributed by atoms with van der Waals surface area (Å²) in [5.41, 5.74) is -0.478. The fourth-order valence-electron chi connectivity index (χ4n) is 1.71. The van der Waals surface area contributed by atoms with Gasteiger partial charge in [-0.2, -0.15) is 0 Å². The minimum atomic E-state index is -1.48. The average molecular weight is 299 g/mol. The number of urea groups is 1. The van der Waals surface area contributed by atoms with Gasteiger partial charge in [-0.1, -0.05) is 0 Å². The molecule has 2 rings (SSSR count). The van der Waals surface area contributed by atoms with Crippen LogP contribution < -0.4 is 10.6 Å². The Balaban J connectivity index is 1.78. The standard InChI is InChI=1S/C12H17N3O4S/c1-12(19,4-9(16)17)6-13-10(18)15-11-14-8(5-20-11)7-2-3-7/h5,7,19H,2-4,6H2,1H3,(H,16,17)(H2,13,14,15,18). The van der Waals surface area contributed by atoms with Crippen molar-refractivity contribution in [2.45, 2.75) is 37.7 Å². The number of nitrogens with one attached hydrogen (secondary N) is 2. The summed E-state index contributed by atoms with van der Waals surface area (Å²) in [6, 6.07) is -0.507. The van der Waals surface area contributed by atoms with E-state index in [4.69, 9.17) is 5.11 Å². The number of hydrogen-bond acceptors (Lipinski definition) is 5. The number of aromatic nitrogens is 1. The first kappa shape index (κ1) is 14.7. The zero-order valence-corrected chi connectivity index (χ0v) is 11.9. The molecule has 0 aromatic carbocycles. The Morgan fingerprint density at radius 1 is 1.55 bits per heavy atom. The molecule has 20 heavy (non-hydrogen) atoms. The van der Waals surface area contributed by atoms with E-state index in [0.29, 0.717) is 11.0 Å². The monoisotopic (exact) mass is 299 g/mol. The van der Waals surface area contributed by atoms with Gasteiger partial charge in [-0.05, 0) is 19.8 Å². The van der Waals surface area contributed by atoms with Gasteiger partial charge in [0.15, 0.2) is 5.13 Å². The summed E-state index contributed by atoms with van der Waals surface area (Å²) >= 11 is 1.35. The number of carbonyl (C=O) groups is 2. The molecule has 1 aliphatic rings. The lowest BCUT2D eigenvalue weighted by molar-refractivity contribution is -0.141. The molecule has 1 atom stereocenters. The molecule has 2 amide bonds. The van der Waals surface area contributed by atoms with Gasteiger partial charge in [0.1, 0.15) is 0 Å². The van der Waals surface area contributed by atoms with Gasteiger partial charge < -0.3 is 15.5 Å². The van der Waals surface area contributed by atoms with E-state index < -0.39 is 24.0 Å². The van der Waals surface area contributed by atoms with Crippen LogP contribution in [-0.2, 0) is 4.79 Å². The average Bonchev–Trinajstić information content (AvgIpc) is 3.07. The highest BCUT2D eigenvalue weighted by molar-refractivity contribution is 7.13. The summed E-state index contributed by atoms with van der Waals surface area (Å²) in [6.07, 6.45) is 1.86. The molecular formula is C12H17N3O4S. The Morgan fingerprint density at radius 3 is 2.85 bits per heavy atom. The number of aliphatic hydroxyl groups is 1. The van der Waals surface area contributed by atoms with E-state index in [1.54, 1.807) is 0 Å². The molecule has 0 saturated heterocycles. The molecule has 1 aliphatic carbocycles. The van der Waals surface area contributed by atoms with E-state index in [9.17, 15) is 14.7 Å². The van der Waals surface area contributed by atoms with Crippen molar-refractivity contribution in [1.29, 1.82) is 0 Å². The van der Waals surface area contributed by atoms with Gasteiger partial charge in [-0.25, -0.2) is 9.78 Å². The quantitative estimate of drug-likeness (QED) is 0.634. The first-order chi connectivity index (χ1) is 9.35. The fraction of sp³-hybridized carbons (Fsp3) is 0.583. The van der Waals surface area contributed by atoms with Gasteiger partial charge in [0, 0.05) is 17.8 Å². The topological polar surface area (TPSA) is 112 Å². The summed E-state index contributed by atoms with van der Waals surface area (Å²) in [5, 5.41) is 25.8. The Morgan fingerprint density at radius 2 is 2.25 bits per heavy atom. The molecule has 0 radical (unpaired) electrons. The third-order valence-corrected chi connectivity index (χ3v) is 3.68. The maximum absolute atomic E-state index is 11.6. The molecule has 0 aliphatic heterocycles. The number of carboxylic acid groups (broad SMARTS) is 1. The van der Waals surface area contributed by atoms with Crippen molar-refractivity contribution in [3.05, 3.63) is 11.1 Å². The summed E-state index contributed by atoms with van der Waals surface area (Å²) < 4.78 is 0. The summed E-state index contributed by atoms with van der Waals surface area (Å²) in [7, 11) is 0. The molecule has 1 heterocycles. The van der Waals surface area contributed by atoms with Gasteiger partial charge in [0.25, 0.3) is 0 Å². The van der Waals surface area contributed by atoms with Crippen molar-refractivity contribution in [3.63, 3.8) is 0 Å². The molecule has 0 spiro atoms. The first-order valence-corrected chi connectivity index (χ1v) is 7.18. The minimum Gasteiger partial charge on any atom is -0.481 e. The molecule has 1 fully saturated rings. The molecule has 4 N–H and O–H groups in total. The van der Waals surface area contributed by atoms with Crippen LogP contribution in [0.15, 0.2) is 5.38 Å². The van der Waals surface area contributed by atoms with Crippen molar-refractivity contribution < 1.29 is 19.8 Å². The molecule has 8 heteroatoms. The van der Waals surface area contributed by atoms with Crippen LogP contribution >= 0.6 is 11.3 Å². The van der Waals surface area contributed by atoms with Crippen LogP contribution in [-0.4, -0.2) is 39.3 Å². The van der Waals surface area contributed by atoms with Crippen LogP contribution in [0.25, 0.3) is 0 Å². The highest BCUT2D eigenvalue weighted by atomic mass is 32.1. The van der Waals surface area contributed by atoms with Gasteiger partial charge in [0.05, 0.1) is 17.7 Å². The summed E-state index contributed by atoms with van der Waals surface area (Å²) in [6.45, 7) is 1.21. The maximum Gasteiger partial charge on any atom is 0.321 e. The van der Waals surface area contributed by atoms with Crippen LogP contribution in [0.1, 0.15) is 37.8 Å². The van der Waals surface area contributed by atoms with Crippen LogP contribution in [0, 0.1) is 0 Å². The number of hydrogen-bond donors (Lipinski definition) is 4. The number of nitrogens with zero attached hydrogens (tertiary/aromatic N) is 1. The van der Waals surface area contributed by atoms with Crippen molar-refractivity contribution in [3.8, 4) is 0 Å². The molecule has 1 aromatic rings. The maximum atomic E-state index is 11.6. The summed E-state index contributed by atoms with van der Waals surface area (Å²) in [4.78, 5) is 26.4. The van der Waals surface area contributed by atoms with Crippen molar-refractivity contribution in [1.82, 2.24) is 10.3 Å². The van der Waals surface area contributed by atoms with Crippen LogP contribution in [0.3, 0.4) is 0 Å². The van der Waals surface area contributed by atoms with Crippen molar-refractivity contribution >= 4 is 28.5 Å². The number of carboxylic acids is 1. The highest BCUT2D eigenvalue weighted by Crippen LogP contribution is 2.40. The van der Waals surface area contributed by atoms with E-state index in [1.807, 2.05) is 5.38 Å². The lowest BCUT2D eigenvalue weighted by atomic mass is 10.0. The zero-order chi connectivity index (χ0) is 14.8. The third kappa shape index (κ3) is 4.46. The Bertz CT molecular complexity index is 511. The van der Waals surface area contributed by atoms with Crippen molar-refractivity contribution in [2.24, 2.45) is 0 Å². The lowest BCUT2D eigenvalue weighted by Crippen LogP contribution is -2.43. The van der Waals surface area contributed by atoms with Gasteiger partial charge in [0.2, 0.25) is 0 Å². The highest BCUT2D eigenvalue weighted by Gasteiger charge is 2.27. The van der Waals surface area contributed by atoms with Crippen molar-refractivity contribution in [2.75, 3.05) is 11.9 Å². The number of thiazole rings is 1. The summed E-state index contributed by atoms with van der Waals surface area (Å²) in [5.74, 6) is -0.590. The SMILES string of the molecule is CC(O)(CNC(=O)Nc1nc(C2CC2)cs1)CC(=O)O.